The molecule has 2 aromatic carbocycles. The number of hydrogen-bond acceptors (Lipinski definition) is 4. The van der Waals surface area contributed by atoms with Gasteiger partial charge in [-0.3, -0.25) is 5.10 Å². The minimum atomic E-state index is -0.347. The smallest absolute Gasteiger partial charge is 0.300 e. The van der Waals surface area contributed by atoms with Crippen molar-refractivity contribution in [1.29, 1.82) is 0 Å². The summed E-state index contributed by atoms with van der Waals surface area (Å²) in [5.41, 5.74) is 3.75. The highest BCUT2D eigenvalue weighted by molar-refractivity contribution is 5.85. The number of nitrogens with one attached hydrogen (secondary N) is 2. The number of aromatic nitrogens is 3. The van der Waals surface area contributed by atoms with Gasteiger partial charge in [0, 0.05) is 22.8 Å². The van der Waals surface area contributed by atoms with Gasteiger partial charge in [0.15, 0.2) is 5.58 Å². The van der Waals surface area contributed by atoms with Crippen molar-refractivity contribution in [3.05, 3.63) is 47.9 Å². The van der Waals surface area contributed by atoms with Gasteiger partial charge in [-0.2, -0.15) is 10.1 Å². The molecule has 21 heavy (non-hydrogen) atoms. The fourth-order valence-electron chi connectivity index (χ4n) is 2.29. The van der Waals surface area contributed by atoms with Crippen LogP contribution in [0, 0.1) is 12.7 Å². The van der Waals surface area contributed by atoms with E-state index in [4.69, 9.17) is 4.42 Å². The van der Waals surface area contributed by atoms with Crippen molar-refractivity contribution in [3.8, 4) is 0 Å². The van der Waals surface area contributed by atoms with Crippen LogP contribution in [0.2, 0.25) is 0 Å². The molecule has 0 saturated carbocycles. The fourth-order valence-corrected chi connectivity index (χ4v) is 2.29. The first-order valence-electron chi connectivity index (χ1n) is 6.47. The molecule has 0 amide bonds. The number of fused-ring (bicyclic) bond motifs is 2. The number of oxazole rings is 1. The predicted octanol–water partition coefficient (Wildman–Crippen LogP) is 3.90. The number of nitrogens with zero attached hydrogens (tertiary/aromatic N) is 2. The van der Waals surface area contributed by atoms with E-state index < -0.39 is 0 Å². The van der Waals surface area contributed by atoms with Gasteiger partial charge in [0.25, 0.3) is 6.01 Å². The van der Waals surface area contributed by atoms with E-state index in [1.807, 2.05) is 25.1 Å². The number of H-pyrrole nitrogens is 1. The molecule has 2 heterocycles. The summed E-state index contributed by atoms with van der Waals surface area (Å²) in [7, 11) is 0. The van der Waals surface area contributed by atoms with E-state index in [0.29, 0.717) is 17.1 Å². The first-order chi connectivity index (χ1) is 10.2. The lowest BCUT2D eigenvalue weighted by Crippen LogP contribution is -1.89. The maximum absolute atomic E-state index is 13.1. The van der Waals surface area contributed by atoms with Crippen LogP contribution in [-0.2, 0) is 0 Å². The molecule has 0 aliphatic heterocycles. The average Bonchev–Trinajstić information content (AvgIpc) is 3.02. The predicted molar refractivity (Wildman–Crippen MR) is 78.1 cm³/mol. The van der Waals surface area contributed by atoms with Crippen LogP contribution in [0.25, 0.3) is 22.0 Å². The van der Waals surface area contributed by atoms with Crippen LogP contribution in [-0.4, -0.2) is 15.2 Å². The molecule has 0 aliphatic rings. The molecule has 4 rings (SSSR count). The molecule has 4 aromatic rings. The molecule has 0 fully saturated rings. The topological polar surface area (TPSA) is 66.7 Å². The lowest BCUT2D eigenvalue weighted by molar-refractivity contribution is 0.604. The summed E-state index contributed by atoms with van der Waals surface area (Å²) in [5, 5.41) is 11.2. The zero-order chi connectivity index (χ0) is 14.4. The molecule has 0 bridgehead atoms. The lowest BCUT2D eigenvalue weighted by atomic mass is 10.2. The number of aromatic amines is 1. The van der Waals surface area contributed by atoms with E-state index in [2.05, 4.69) is 20.5 Å². The van der Waals surface area contributed by atoms with Gasteiger partial charge in [0.2, 0.25) is 0 Å². The van der Waals surface area contributed by atoms with Gasteiger partial charge in [-0.25, -0.2) is 4.39 Å². The molecule has 5 nitrogen and oxygen atoms in total. The number of halogens is 1. The zero-order valence-corrected chi connectivity index (χ0v) is 11.1. The number of benzene rings is 2. The Labute approximate surface area is 118 Å². The lowest BCUT2D eigenvalue weighted by Gasteiger charge is -2.01. The zero-order valence-electron chi connectivity index (χ0n) is 11.1. The average molecular weight is 282 g/mol. The van der Waals surface area contributed by atoms with Crippen molar-refractivity contribution in [2.24, 2.45) is 0 Å². The van der Waals surface area contributed by atoms with Crippen molar-refractivity contribution < 1.29 is 8.81 Å². The molecule has 6 heteroatoms. The van der Waals surface area contributed by atoms with Gasteiger partial charge in [0.05, 0.1) is 5.52 Å². The van der Waals surface area contributed by atoms with E-state index in [9.17, 15) is 4.39 Å². The molecule has 0 radical (unpaired) electrons. The summed E-state index contributed by atoms with van der Waals surface area (Å²) in [6.45, 7) is 1.96. The van der Waals surface area contributed by atoms with Crippen LogP contribution in [0.1, 0.15) is 5.69 Å². The second-order valence-corrected chi connectivity index (χ2v) is 4.84. The van der Waals surface area contributed by atoms with E-state index in [1.54, 1.807) is 6.07 Å². The minimum absolute atomic E-state index is 0.330. The molecule has 0 unspecified atom stereocenters. The second kappa shape index (κ2) is 4.31. The van der Waals surface area contributed by atoms with Gasteiger partial charge in [-0.05, 0) is 37.3 Å². The van der Waals surface area contributed by atoms with Crippen molar-refractivity contribution in [2.75, 3.05) is 5.32 Å². The van der Waals surface area contributed by atoms with Crippen molar-refractivity contribution in [1.82, 2.24) is 15.2 Å². The maximum Gasteiger partial charge on any atom is 0.300 e. The molecule has 0 atom stereocenters. The highest BCUT2D eigenvalue weighted by atomic mass is 19.1. The SMILES string of the molecule is Cc1[nH]nc2ccc(Nc3nc4ccc(F)cc4o3)cc12. The summed E-state index contributed by atoms with van der Waals surface area (Å²) in [6.07, 6.45) is 0. The molecule has 0 saturated heterocycles. The summed E-state index contributed by atoms with van der Waals surface area (Å²) < 4.78 is 18.6. The highest BCUT2D eigenvalue weighted by Crippen LogP contribution is 2.25. The van der Waals surface area contributed by atoms with Crippen LogP contribution in [0.3, 0.4) is 0 Å². The Bertz CT molecular complexity index is 957. The first-order valence-corrected chi connectivity index (χ1v) is 6.47. The van der Waals surface area contributed by atoms with Crippen molar-refractivity contribution in [2.45, 2.75) is 6.92 Å². The molecule has 0 spiro atoms. The Morgan fingerprint density at radius 1 is 1.14 bits per heavy atom. The molecular weight excluding hydrogens is 271 g/mol. The van der Waals surface area contributed by atoms with E-state index in [1.165, 1.54) is 12.1 Å². The van der Waals surface area contributed by atoms with E-state index in [-0.39, 0.29) is 5.82 Å². The Kier molecular flexibility index (Phi) is 2.44. The quantitative estimate of drug-likeness (QED) is 0.585. The molecule has 2 aromatic heterocycles. The van der Waals surface area contributed by atoms with Crippen LogP contribution in [0.5, 0.6) is 0 Å². The Morgan fingerprint density at radius 3 is 2.90 bits per heavy atom. The third-order valence-corrected chi connectivity index (χ3v) is 3.35. The fraction of sp³-hybridized carbons (Fsp3) is 0.0667. The third kappa shape index (κ3) is 2.01. The summed E-state index contributed by atoms with van der Waals surface area (Å²) in [5.74, 6) is -0.347. The van der Waals surface area contributed by atoms with Gasteiger partial charge in [-0.15, -0.1) is 0 Å². The third-order valence-electron chi connectivity index (χ3n) is 3.35. The number of aryl methyl sites for hydroxylation is 1. The summed E-state index contributed by atoms with van der Waals surface area (Å²) >= 11 is 0. The van der Waals surface area contributed by atoms with Gasteiger partial charge < -0.3 is 9.73 Å². The maximum atomic E-state index is 13.1. The normalized spacial score (nSPS) is 11.3. The van der Waals surface area contributed by atoms with Crippen LogP contribution in [0.4, 0.5) is 16.1 Å². The Hall–Kier alpha value is -2.89. The Balaban J connectivity index is 1.73. The first kappa shape index (κ1) is 11.9. The number of anilines is 2. The second-order valence-electron chi connectivity index (χ2n) is 4.84. The monoisotopic (exact) mass is 282 g/mol. The summed E-state index contributed by atoms with van der Waals surface area (Å²) in [6, 6.07) is 10.3. The summed E-state index contributed by atoms with van der Waals surface area (Å²) in [4.78, 5) is 4.27. The van der Waals surface area contributed by atoms with Gasteiger partial charge >= 0.3 is 0 Å². The van der Waals surface area contributed by atoms with Gasteiger partial charge in [-0.1, -0.05) is 0 Å². The molecular formula is C15H11FN4O. The molecule has 104 valence electrons. The largest absolute Gasteiger partial charge is 0.423 e. The van der Waals surface area contributed by atoms with Crippen molar-refractivity contribution in [3.63, 3.8) is 0 Å². The standard InChI is InChI=1S/C15H11FN4O/c1-8-11-7-10(3-5-12(11)20-19-8)17-15-18-13-4-2-9(16)6-14(13)21-15/h2-7H,1H3,(H,17,18)(H,19,20). The van der Waals surface area contributed by atoms with Crippen LogP contribution < -0.4 is 5.32 Å². The van der Waals surface area contributed by atoms with Gasteiger partial charge in [0.1, 0.15) is 11.3 Å². The Morgan fingerprint density at radius 2 is 2.00 bits per heavy atom. The number of rotatable bonds is 2. The number of hydrogen-bond donors (Lipinski definition) is 2. The minimum Gasteiger partial charge on any atom is -0.423 e. The highest BCUT2D eigenvalue weighted by Gasteiger charge is 2.08. The molecule has 2 N–H and O–H groups in total. The van der Waals surface area contributed by atoms with Crippen molar-refractivity contribution >= 4 is 33.7 Å². The van der Waals surface area contributed by atoms with Crippen LogP contribution >= 0.6 is 0 Å². The van der Waals surface area contributed by atoms with E-state index >= 15 is 0 Å². The molecule has 0 aliphatic carbocycles. The van der Waals surface area contributed by atoms with Crippen LogP contribution in [0.15, 0.2) is 40.8 Å². The van der Waals surface area contributed by atoms with E-state index in [0.717, 1.165) is 22.3 Å².